The molecule has 0 bridgehead atoms. The van der Waals surface area contributed by atoms with E-state index in [0.717, 1.165) is 10.0 Å². The Hall–Kier alpha value is -2.19. The minimum absolute atomic E-state index is 0.00829. The smallest absolute Gasteiger partial charge is 0.259 e. The molecule has 2 aromatic rings. The van der Waals surface area contributed by atoms with Gasteiger partial charge in [-0.3, -0.25) is 9.59 Å². The van der Waals surface area contributed by atoms with Crippen LogP contribution in [0.1, 0.15) is 21.5 Å². The molecule has 0 heterocycles. The van der Waals surface area contributed by atoms with Gasteiger partial charge in [-0.15, -0.1) is 0 Å². The van der Waals surface area contributed by atoms with Crippen molar-refractivity contribution in [2.45, 2.75) is 6.92 Å². The molecular weight excluding hydrogens is 454 g/mol. The lowest BCUT2D eigenvalue weighted by molar-refractivity contribution is -0.120. The van der Waals surface area contributed by atoms with Crippen LogP contribution in [-0.2, 0) is 4.79 Å². The van der Waals surface area contributed by atoms with Crippen molar-refractivity contribution in [1.82, 2.24) is 10.7 Å². The molecule has 0 aliphatic rings. The first-order valence-electron chi connectivity index (χ1n) is 7.21. The molecule has 2 rings (SSSR count). The number of aromatic hydroxyl groups is 1. The molecule has 0 aromatic heterocycles. The number of benzene rings is 2. The Balaban J connectivity index is 1.88. The van der Waals surface area contributed by atoms with E-state index in [1.54, 1.807) is 30.3 Å². The van der Waals surface area contributed by atoms with Gasteiger partial charge in [-0.25, -0.2) is 5.43 Å². The van der Waals surface area contributed by atoms with Crippen LogP contribution in [0, 0.1) is 6.92 Å². The highest BCUT2D eigenvalue weighted by atomic mass is 79.9. The zero-order valence-corrected chi connectivity index (χ0v) is 16.4. The summed E-state index contributed by atoms with van der Waals surface area (Å²) in [4.78, 5) is 23.7. The van der Waals surface area contributed by atoms with Gasteiger partial charge in [0, 0.05) is 15.6 Å². The van der Waals surface area contributed by atoms with Crippen molar-refractivity contribution in [1.29, 1.82) is 0 Å². The van der Waals surface area contributed by atoms with Crippen molar-refractivity contribution in [2.75, 3.05) is 6.54 Å². The molecule has 0 fully saturated rings. The Morgan fingerprint density at radius 1 is 1.24 bits per heavy atom. The second-order valence-corrected chi connectivity index (χ2v) is 6.94. The van der Waals surface area contributed by atoms with Crippen LogP contribution in [0.25, 0.3) is 0 Å². The van der Waals surface area contributed by atoms with Gasteiger partial charge in [-0.05, 0) is 47.1 Å². The summed E-state index contributed by atoms with van der Waals surface area (Å²) in [6, 6.07) is 10.4. The predicted molar refractivity (Wildman–Crippen MR) is 103 cm³/mol. The van der Waals surface area contributed by atoms with E-state index in [0.29, 0.717) is 15.6 Å². The van der Waals surface area contributed by atoms with Gasteiger partial charge in [0.25, 0.3) is 11.8 Å². The van der Waals surface area contributed by atoms with Crippen molar-refractivity contribution < 1.29 is 14.7 Å². The first kappa shape index (κ1) is 19.1. The largest absolute Gasteiger partial charge is 0.506 e. The van der Waals surface area contributed by atoms with Crippen LogP contribution in [0.4, 0.5) is 0 Å². The number of carbonyl (C=O) groups excluding carboxylic acids is 2. The lowest BCUT2D eigenvalue weighted by atomic mass is 10.1. The van der Waals surface area contributed by atoms with Crippen LogP contribution in [0.15, 0.2) is 50.4 Å². The Bertz CT molecular complexity index is 838. The maximum Gasteiger partial charge on any atom is 0.259 e. The molecule has 0 unspecified atom stereocenters. The monoisotopic (exact) mass is 467 g/mol. The molecule has 2 aromatic carbocycles. The fourth-order valence-electron chi connectivity index (χ4n) is 1.95. The zero-order chi connectivity index (χ0) is 18.4. The van der Waals surface area contributed by atoms with Crippen molar-refractivity contribution >= 4 is 49.9 Å². The summed E-state index contributed by atoms with van der Waals surface area (Å²) in [5.41, 5.74) is 4.16. The van der Waals surface area contributed by atoms with Gasteiger partial charge in [0.15, 0.2) is 0 Å². The van der Waals surface area contributed by atoms with E-state index in [1.165, 1.54) is 6.21 Å². The van der Waals surface area contributed by atoms with E-state index in [-0.39, 0.29) is 18.2 Å². The van der Waals surface area contributed by atoms with Crippen LogP contribution in [0.2, 0.25) is 0 Å². The Labute approximate surface area is 161 Å². The second kappa shape index (κ2) is 8.77. The minimum atomic E-state index is -0.481. The van der Waals surface area contributed by atoms with Crippen LogP contribution in [0.5, 0.6) is 5.75 Å². The number of hydrogen-bond acceptors (Lipinski definition) is 4. The van der Waals surface area contributed by atoms with E-state index in [1.807, 2.05) is 13.0 Å². The number of carbonyl (C=O) groups is 2. The minimum Gasteiger partial charge on any atom is -0.506 e. The number of aryl methyl sites for hydroxylation is 1. The van der Waals surface area contributed by atoms with E-state index in [4.69, 9.17) is 0 Å². The molecule has 0 saturated heterocycles. The van der Waals surface area contributed by atoms with E-state index < -0.39 is 5.91 Å². The van der Waals surface area contributed by atoms with Crippen LogP contribution >= 0.6 is 31.9 Å². The standard InChI is InChI=1S/C17H15Br2N3O3/c1-10-3-2-4-11(5-10)17(25)20-9-15(23)22-21-8-12-6-13(18)7-14(19)16(12)24/h2-8,24H,9H2,1H3,(H,20,25)(H,22,23)/b21-8+. The molecule has 0 atom stereocenters. The van der Waals surface area contributed by atoms with Gasteiger partial charge < -0.3 is 10.4 Å². The molecule has 6 nitrogen and oxygen atoms in total. The maximum atomic E-state index is 11.9. The van der Waals surface area contributed by atoms with E-state index >= 15 is 0 Å². The fourth-order valence-corrected chi connectivity index (χ4v) is 3.20. The zero-order valence-electron chi connectivity index (χ0n) is 13.2. The van der Waals surface area contributed by atoms with Gasteiger partial charge in [0.2, 0.25) is 0 Å². The van der Waals surface area contributed by atoms with Gasteiger partial charge in [-0.1, -0.05) is 33.6 Å². The molecular formula is C17H15Br2N3O3. The van der Waals surface area contributed by atoms with Gasteiger partial charge in [-0.2, -0.15) is 5.10 Å². The number of amides is 2. The molecule has 2 amide bonds. The van der Waals surface area contributed by atoms with Crippen molar-refractivity contribution in [3.05, 3.63) is 62.0 Å². The molecule has 0 aliphatic carbocycles. The number of halogens is 2. The third-order valence-corrected chi connectivity index (χ3v) is 4.20. The summed E-state index contributed by atoms with van der Waals surface area (Å²) in [6.07, 6.45) is 1.31. The number of nitrogens with one attached hydrogen (secondary N) is 2. The number of hydrazone groups is 1. The second-order valence-electron chi connectivity index (χ2n) is 5.17. The number of phenolic OH excluding ortho intramolecular Hbond substituents is 1. The number of nitrogens with zero attached hydrogens (tertiary/aromatic N) is 1. The van der Waals surface area contributed by atoms with Gasteiger partial charge in [0.05, 0.1) is 17.2 Å². The highest BCUT2D eigenvalue weighted by molar-refractivity contribution is 9.11. The van der Waals surface area contributed by atoms with Crippen molar-refractivity contribution in [3.63, 3.8) is 0 Å². The highest BCUT2D eigenvalue weighted by Gasteiger charge is 2.08. The summed E-state index contributed by atoms with van der Waals surface area (Å²) < 4.78 is 1.25. The quantitative estimate of drug-likeness (QED) is 0.465. The Morgan fingerprint density at radius 3 is 2.72 bits per heavy atom. The molecule has 0 spiro atoms. The average molecular weight is 469 g/mol. The van der Waals surface area contributed by atoms with E-state index in [2.05, 4.69) is 47.7 Å². The van der Waals surface area contributed by atoms with Gasteiger partial charge in [0.1, 0.15) is 5.75 Å². The number of rotatable bonds is 5. The number of hydrogen-bond donors (Lipinski definition) is 3. The summed E-state index contributed by atoms with van der Waals surface area (Å²) in [5.74, 6) is -0.809. The summed E-state index contributed by atoms with van der Waals surface area (Å²) in [6.45, 7) is 1.67. The maximum absolute atomic E-state index is 11.9. The lowest BCUT2D eigenvalue weighted by Gasteiger charge is -2.05. The first-order chi connectivity index (χ1) is 11.9. The highest BCUT2D eigenvalue weighted by Crippen LogP contribution is 2.30. The Kier molecular flexibility index (Phi) is 6.72. The fraction of sp³-hybridized carbons (Fsp3) is 0.118. The SMILES string of the molecule is Cc1cccc(C(=O)NCC(=O)N/N=C/c2cc(Br)cc(Br)c2O)c1. The van der Waals surface area contributed by atoms with Crippen molar-refractivity contribution in [2.24, 2.45) is 5.10 Å². The van der Waals surface area contributed by atoms with Crippen LogP contribution in [0.3, 0.4) is 0 Å². The molecule has 3 N–H and O–H groups in total. The molecule has 0 aliphatic heterocycles. The number of phenols is 1. The van der Waals surface area contributed by atoms with Gasteiger partial charge >= 0.3 is 0 Å². The van der Waals surface area contributed by atoms with Crippen LogP contribution < -0.4 is 10.7 Å². The van der Waals surface area contributed by atoms with E-state index in [9.17, 15) is 14.7 Å². The topological polar surface area (TPSA) is 90.8 Å². The molecule has 8 heteroatoms. The predicted octanol–water partition coefficient (Wildman–Crippen LogP) is 3.11. The lowest BCUT2D eigenvalue weighted by Crippen LogP contribution is -2.34. The Morgan fingerprint density at radius 2 is 2.00 bits per heavy atom. The molecule has 130 valence electrons. The molecule has 0 radical (unpaired) electrons. The third kappa shape index (κ3) is 5.68. The average Bonchev–Trinajstić information content (AvgIpc) is 2.57. The first-order valence-corrected chi connectivity index (χ1v) is 8.80. The summed E-state index contributed by atoms with van der Waals surface area (Å²) >= 11 is 6.51. The summed E-state index contributed by atoms with van der Waals surface area (Å²) in [7, 11) is 0. The molecule has 0 saturated carbocycles. The third-order valence-electron chi connectivity index (χ3n) is 3.14. The van der Waals surface area contributed by atoms with Crippen molar-refractivity contribution in [3.8, 4) is 5.75 Å². The van der Waals surface area contributed by atoms with Crippen LogP contribution in [-0.4, -0.2) is 29.7 Å². The summed E-state index contributed by atoms with van der Waals surface area (Å²) in [5, 5.41) is 16.2. The molecule has 25 heavy (non-hydrogen) atoms. The normalized spacial score (nSPS) is 10.7.